The summed E-state index contributed by atoms with van der Waals surface area (Å²) in [5, 5.41) is 0. The Kier molecular flexibility index (Phi) is 8.75. The van der Waals surface area contributed by atoms with Crippen LogP contribution in [0.4, 0.5) is 51.2 Å². The summed E-state index contributed by atoms with van der Waals surface area (Å²) < 4.78 is 44.8. The van der Waals surface area contributed by atoms with Gasteiger partial charge in [-0.1, -0.05) is 181 Å². The molecule has 3 nitrogen and oxygen atoms in total. The molecular weight excluding hydrogens is 798 g/mol. The Hall–Kier alpha value is -7.56. The smallest absolute Gasteiger partial charge is 0.252 e. The van der Waals surface area contributed by atoms with Crippen LogP contribution in [0.3, 0.4) is 0 Å². The first-order valence-corrected chi connectivity index (χ1v) is 22.9. The van der Waals surface area contributed by atoms with E-state index in [4.69, 9.17) is 4.11 Å². The van der Waals surface area contributed by atoms with Gasteiger partial charge < -0.3 is 14.7 Å². The molecule has 0 bridgehead atoms. The van der Waals surface area contributed by atoms with E-state index in [-0.39, 0.29) is 47.3 Å². The van der Waals surface area contributed by atoms with Crippen molar-refractivity contribution in [3.63, 3.8) is 0 Å². The molecule has 4 heteroatoms. The summed E-state index contributed by atoms with van der Waals surface area (Å²) >= 11 is 0. The normalized spacial score (nSPS) is 14.0. The lowest BCUT2D eigenvalue weighted by Crippen LogP contribution is -2.61. The lowest BCUT2D eigenvalue weighted by atomic mass is 9.33. The van der Waals surface area contributed by atoms with Gasteiger partial charge in [-0.05, 0) is 128 Å². The third-order valence-electron chi connectivity index (χ3n) is 13.2. The first-order valence-electron chi connectivity index (χ1n) is 25.4. The molecule has 0 amide bonds. The Balaban J connectivity index is 1.23. The van der Waals surface area contributed by atoms with Crippen LogP contribution in [0.25, 0.3) is 22.3 Å². The molecule has 9 aromatic rings. The maximum Gasteiger partial charge on any atom is 0.252 e. The summed E-state index contributed by atoms with van der Waals surface area (Å²) in [4.78, 5) is 7.05. The molecule has 2 aliphatic heterocycles. The van der Waals surface area contributed by atoms with Gasteiger partial charge in [-0.25, -0.2) is 0 Å². The van der Waals surface area contributed by atoms with Crippen molar-refractivity contribution in [2.24, 2.45) is 0 Å². The van der Waals surface area contributed by atoms with E-state index in [0.29, 0.717) is 5.56 Å². The van der Waals surface area contributed by atoms with Gasteiger partial charge in [0.25, 0.3) is 6.71 Å². The van der Waals surface area contributed by atoms with Crippen molar-refractivity contribution in [1.29, 1.82) is 0 Å². The highest BCUT2D eigenvalue weighted by atomic mass is 15.2. The SMILES string of the molecule is [2H]c1c([2H])c([2H])c(-c2cc(C(C)(C)C)ccc2N2c3ccccc3B3c4ccc(N(c5ccccc5)c5ccccc5)cc4N(c4ccc(C(C)(C)C)cc4-c4ccccc4)c4cccc2c43)c([2H])c1[2H]. The fraction of sp³-hybridized carbons (Fsp3) is 0.129. The molecule has 0 N–H and O–H groups in total. The van der Waals surface area contributed by atoms with Crippen LogP contribution in [0.1, 0.15) is 59.5 Å². The van der Waals surface area contributed by atoms with E-state index >= 15 is 0 Å². The van der Waals surface area contributed by atoms with Gasteiger partial charge >= 0.3 is 0 Å². The van der Waals surface area contributed by atoms with Crippen molar-refractivity contribution in [3.05, 3.63) is 229 Å². The number of benzene rings is 9. The molecule has 0 fully saturated rings. The maximum atomic E-state index is 9.31. The molecule has 66 heavy (non-hydrogen) atoms. The second kappa shape index (κ2) is 16.2. The third-order valence-corrected chi connectivity index (χ3v) is 13.2. The predicted molar refractivity (Wildman–Crippen MR) is 283 cm³/mol. The van der Waals surface area contributed by atoms with Gasteiger partial charge in [0.1, 0.15) is 0 Å². The highest BCUT2D eigenvalue weighted by Crippen LogP contribution is 2.50. The van der Waals surface area contributed by atoms with Gasteiger partial charge in [0, 0.05) is 50.9 Å². The molecule has 0 aliphatic carbocycles. The minimum Gasteiger partial charge on any atom is -0.311 e. The van der Waals surface area contributed by atoms with Crippen molar-refractivity contribution in [3.8, 4) is 22.3 Å². The second-order valence-electron chi connectivity index (χ2n) is 19.5. The van der Waals surface area contributed by atoms with E-state index in [2.05, 4.69) is 238 Å². The Morgan fingerprint density at radius 1 is 0.394 bits per heavy atom. The molecule has 9 aromatic carbocycles. The fourth-order valence-electron chi connectivity index (χ4n) is 9.96. The Bertz CT molecular complexity index is 3460. The van der Waals surface area contributed by atoms with Crippen LogP contribution in [0.15, 0.2) is 218 Å². The molecule has 0 atom stereocenters. The van der Waals surface area contributed by atoms with Gasteiger partial charge in [-0.3, -0.25) is 0 Å². The first kappa shape index (κ1) is 35.8. The highest BCUT2D eigenvalue weighted by molar-refractivity contribution is 7.00. The molecular formula is C62H54BN3. The Morgan fingerprint density at radius 2 is 0.879 bits per heavy atom. The summed E-state index contributed by atoms with van der Waals surface area (Å²) in [5.41, 5.74) is 17.0. The van der Waals surface area contributed by atoms with E-state index in [0.717, 1.165) is 84.3 Å². The third kappa shape index (κ3) is 7.09. The largest absolute Gasteiger partial charge is 0.311 e. The molecule has 320 valence electrons. The average molecular weight is 857 g/mol. The minimum absolute atomic E-state index is 0.108. The monoisotopic (exact) mass is 856 g/mol. The second-order valence-corrected chi connectivity index (χ2v) is 19.5. The average Bonchev–Trinajstić information content (AvgIpc) is 3.38. The molecule has 0 aromatic heterocycles. The topological polar surface area (TPSA) is 9.72 Å². The Morgan fingerprint density at radius 3 is 1.45 bits per heavy atom. The zero-order valence-electron chi connectivity index (χ0n) is 43.3. The number of anilines is 9. The number of hydrogen-bond donors (Lipinski definition) is 0. The number of para-hydroxylation sites is 3. The lowest BCUT2D eigenvalue weighted by Gasteiger charge is -2.45. The summed E-state index contributed by atoms with van der Waals surface area (Å²) in [6.07, 6.45) is 0. The standard InChI is InChI=1S/C62H54BN3/c1-61(2,3)45-34-38-54(50(40-45)43-22-11-7-12-23-43)65-56-31-20-19-30-52(56)63-53-37-36-49(64(47-26-15-9-16-27-47)48-28-17-10-18-29-48)42-59(53)66(58-33-21-32-57(65)60(58)63)55-39-35-46(62(4,5)6)41-51(55)44-24-13-8-14-25-44/h7-42H,1-6H3/i7D,11D,12D,22D,23D. The van der Waals surface area contributed by atoms with Crippen LogP contribution in [-0.4, -0.2) is 6.71 Å². The molecule has 2 heterocycles. The lowest BCUT2D eigenvalue weighted by molar-refractivity contribution is 0.590. The van der Waals surface area contributed by atoms with Gasteiger partial charge in [0.2, 0.25) is 0 Å². The van der Waals surface area contributed by atoms with Crippen LogP contribution in [-0.2, 0) is 10.8 Å². The number of nitrogens with zero attached hydrogens (tertiary/aromatic N) is 3. The van der Waals surface area contributed by atoms with Gasteiger partial charge in [-0.15, -0.1) is 0 Å². The minimum atomic E-state index is -0.413. The van der Waals surface area contributed by atoms with Crippen LogP contribution < -0.4 is 31.1 Å². The van der Waals surface area contributed by atoms with E-state index < -0.39 is 6.04 Å². The molecule has 11 rings (SSSR count). The highest BCUT2D eigenvalue weighted by Gasteiger charge is 2.44. The quantitative estimate of drug-likeness (QED) is 0.148. The van der Waals surface area contributed by atoms with Gasteiger partial charge in [0.05, 0.1) is 18.2 Å². The van der Waals surface area contributed by atoms with E-state index in [1.54, 1.807) is 0 Å². The molecule has 0 unspecified atom stereocenters. The van der Waals surface area contributed by atoms with Crippen LogP contribution in [0, 0.1) is 0 Å². The molecule has 0 saturated carbocycles. The zero-order chi connectivity index (χ0) is 49.5. The van der Waals surface area contributed by atoms with Crippen molar-refractivity contribution in [2.45, 2.75) is 52.4 Å². The summed E-state index contributed by atoms with van der Waals surface area (Å²) in [6, 6.07) is 65.3. The molecule has 2 aliphatic rings. The zero-order valence-corrected chi connectivity index (χ0v) is 38.3. The summed E-state index contributed by atoms with van der Waals surface area (Å²) in [7, 11) is 0. The van der Waals surface area contributed by atoms with Crippen molar-refractivity contribution < 1.29 is 6.85 Å². The number of fused-ring (bicyclic) bond motifs is 4. The van der Waals surface area contributed by atoms with E-state index in [1.807, 2.05) is 6.07 Å². The molecule has 0 spiro atoms. The van der Waals surface area contributed by atoms with Crippen LogP contribution in [0.5, 0.6) is 0 Å². The van der Waals surface area contributed by atoms with Gasteiger partial charge in [-0.2, -0.15) is 0 Å². The van der Waals surface area contributed by atoms with Crippen LogP contribution >= 0.6 is 0 Å². The molecule has 0 saturated heterocycles. The molecule has 0 radical (unpaired) electrons. The van der Waals surface area contributed by atoms with E-state index in [9.17, 15) is 2.74 Å². The Labute approximate surface area is 398 Å². The number of hydrogen-bond acceptors (Lipinski definition) is 3. The summed E-state index contributed by atoms with van der Waals surface area (Å²) in [5.74, 6) is 0. The summed E-state index contributed by atoms with van der Waals surface area (Å²) in [6.45, 7) is 13.0. The van der Waals surface area contributed by atoms with Crippen LogP contribution in [0.2, 0.25) is 0 Å². The van der Waals surface area contributed by atoms with Crippen molar-refractivity contribution in [1.82, 2.24) is 0 Å². The number of rotatable bonds is 7. The van der Waals surface area contributed by atoms with Crippen molar-refractivity contribution >= 4 is 74.3 Å². The van der Waals surface area contributed by atoms with Crippen molar-refractivity contribution in [2.75, 3.05) is 14.7 Å². The fourth-order valence-corrected chi connectivity index (χ4v) is 9.96. The first-order chi connectivity index (χ1) is 34.1. The predicted octanol–water partition coefficient (Wildman–Crippen LogP) is 15.2. The van der Waals surface area contributed by atoms with E-state index in [1.165, 1.54) is 5.56 Å². The van der Waals surface area contributed by atoms with Gasteiger partial charge in [0.15, 0.2) is 0 Å². The maximum absolute atomic E-state index is 9.31.